The van der Waals surface area contributed by atoms with Crippen molar-refractivity contribution in [3.63, 3.8) is 0 Å². The maximum Gasteiger partial charge on any atom is 0.253 e. The van der Waals surface area contributed by atoms with Gasteiger partial charge in [0.25, 0.3) is 5.91 Å². The molecule has 2 N–H and O–H groups in total. The average molecular weight is 285 g/mol. The molecule has 0 fully saturated rings. The van der Waals surface area contributed by atoms with E-state index in [-0.39, 0.29) is 11.5 Å². The zero-order valence-electron chi connectivity index (χ0n) is 11.8. The van der Waals surface area contributed by atoms with E-state index in [4.69, 9.17) is 16.3 Å². The molecule has 0 unspecified atom stereocenters. The fourth-order valence-electron chi connectivity index (χ4n) is 1.75. The van der Waals surface area contributed by atoms with E-state index in [0.717, 1.165) is 5.69 Å². The molecule has 1 aromatic carbocycles. The number of hydrogen-bond donors (Lipinski definition) is 2. The van der Waals surface area contributed by atoms with Gasteiger partial charge in [0.2, 0.25) is 0 Å². The molecule has 19 heavy (non-hydrogen) atoms. The number of amides is 1. The third-order valence-electron chi connectivity index (χ3n) is 2.71. The minimum Gasteiger partial charge on any atom is -0.387 e. The fourth-order valence-corrected chi connectivity index (χ4v) is 1.92. The van der Waals surface area contributed by atoms with Crippen molar-refractivity contribution in [3.8, 4) is 0 Å². The van der Waals surface area contributed by atoms with E-state index in [1.165, 1.54) is 0 Å². The lowest BCUT2D eigenvalue weighted by Gasteiger charge is -2.25. The topological polar surface area (TPSA) is 50.4 Å². The minimum absolute atomic E-state index is 0.167. The number of carbonyl (C=O) groups excluding carboxylic acids is 1. The summed E-state index contributed by atoms with van der Waals surface area (Å²) in [6, 6.07) is 5.18. The van der Waals surface area contributed by atoms with Gasteiger partial charge in [-0.15, -0.1) is 0 Å². The lowest BCUT2D eigenvalue weighted by Crippen LogP contribution is -2.40. The molecule has 0 aliphatic heterocycles. The Hall–Kier alpha value is -1.26. The van der Waals surface area contributed by atoms with Crippen LogP contribution in [0.5, 0.6) is 0 Å². The van der Waals surface area contributed by atoms with Crippen LogP contribution in [0.1, 0.15) is 31.1 Å². The number of halogens is 1. The molecule has 0 aliphatic rings. The van der Waals surface area contributed by atoms with Crippen LogP contribution in [0.3, 0.4) is 0 Å². The van der Waals surface area contributed by atoms with Crippen LogP contribution in [-0.2, 0) is 4.74 Å². The van der Waals surface area contributed by atoms with E-state index in [1.807, 2.05) is 20.8 Å². The Labute approximate surface area is 119 Å². The molecule has 0 heterocycles. The zero-order chi connectivity index (χ0) is 14.5. The number of rotatable bonds is 6. The van der Waals surface area contributed by atoms with Crippen molar-refractivity contribution in [2.45, 2.75) is 26.4 Å². The van der Waals surface area contributed by atoms with Crippen LogP contribution in [0.4, 0.5) is 5.69 Å². The van der Waals surface area contributed by atoms with Crippen LogP contribution in [-0.4, -0.2) is 31.7 Å². The lowest BCUT2D eigenvalue weighted by molar-refractivity contribution is -0.00814. The highest BCUT2D eigenvalue weighted by Gasteiger charge is 2.20. The smallest absolute Gasteiger partial charge is 0.253 e. The number of carbonyl (C=O) groups is 1. The Balaban J connectivity index is 2.76. The second kappa shape index (κ2) is 6.78. The van der Waals surface area contributed by atoms with Gasteiger partial charge in [0, 0.05) is 30.9 Å². The van der Waals surface area contributed by atoms with Crippen LogP contribution in [0.15, 0.2) is 18.2 Å². The van der Waals surface area contributed by atoms with Gasteiger partial charge in [0.15, 0.2) is 0 Å². The number of anilines is 1. The molecule has 5 heteroatoms. The van der Waals surface area contributed by atoms with Crippen LogP contribution in [0.25, 0.3) is 0 Å². The number of hydrogen-bond acceptors (Lipinski definition) is 3. The summed E-state index contributed by atoms with van der Waals surface area (Å²) in [5, 5.41) is 6.37. The van der Waals surface area contributed by atoms with E-state index in [1.54, 1.807) is 25.2 Å². The Morgan fingerprint density at radius 2 is 2.11 bits per heavy atom. The first-order valence-electron chi connectivity index (χ1n) is 6.29. The minimum atomic E-state index is -0.386. The first kappa shape index (κ1) is 15.8. The Morgan fingerprint density at radius 3 is 2.68 bits per heavy atom. The molecular formula is C14H21ClN2O2. The van der Waals surface area contributed by atoms with E-state index in [0.29, 0.717) is 23.7 Å². The van der Waals surface area contributed by atoms with Crippen molar-refractivity contribution in [1.82, 2.24) is 5.32 Å². The quantitative estimate of drug-likeness (QED) is 0.844. The monoisotopic (exact) mass is 284 g/mol. The summed E-state index contributed by atoms with van der Waals surface area (Å²) in [5.41, 5.74) is 0.890. The molecular weight excluding hydrogens is 264 g/mol. The standard InChI is InChI=1S/C14H21ClN2O2/c1-5-19-14(2,3)9-17-13(18)11-8-10(15)6-7-12(11)16-4/h6-8,16H,5,9H2,1-4H3,(H,17,18). The third kappa shape index (κ3) is 4.73. The molecule has 1 rings (SSSR count). The summed E-state index contributed by atoms with van der Waals surface area (Å²) in [5.74, 6) is -0.167. The van der Waals surface area contributed by atoms with Crippen LogP contribution >= 0.6 is 11.6 Å². The summed E-state index contributed by atoms with van der Waals surface area (Å²) >= 11 is 5.93. The fraction of sp³-hybridized carbons (Fsp3) is 0.500. The Bertz CT molecular complexity index is 447. The van der Waals surface area contributed by atoms with Gasteiger partial charge in [-0.3, -0.25) is 4.79 Å². The molecule has 0 spiro atoms. The van der Waals surface area contributed by atoms with Gasteiger partial charge < -0.3 is 15.4 Å². The Kier molecular flexibility index (Phi) is 5.63. The van der Waals surface area contributed by atoms with Gasteiger partial charge in [0.05, 0.1) is 11.2 Å². The first-order valence-corrected chi connectivity index (χ1v) is 6.67. The average Bonchev–Trinajstić information content (AvgIpc) is 2.36. The van der Waals surface area contributed by atoms with Crippen LogP contribution < -0.4 is 10.6 Å². The molecule has 0 saturated heterocycles. The van der Waals surface area contributed by atoms with Crippen molar-refractivity contribution in [2.24, 2.45) is 0 Å². The molecule has 1 aromatic rings. The van der Waals surface area contributed by atoms with Crippen molar-refractivity contribution < 1.29 is 9.53 Å². The largest absolute Gasteiger partial charge is 0.387 e. The molecule has 4 nitrogen and oxygen atoms in total. The van der Waals surface area contributed by atoms with Crippen molar-refractivity contribution in [1.29, 1.82) is 0 Å². The molecule has 0 radical (unpaired) electrons. The van der Waals surface area contributed by atoms with Crippen molar-refractivity contribution >= 4 is 23.2 Å². The van der Waals surface area contributed by atoms with Gasteiger partial charge in [-0.2, -0.15) is 0 Å². The molecule has 0 aromatic heterocycles. The van der Waals surface area contributed by atoms with Gasteiger partial charge in [-0.1, -0.05) is 11.6 Å². The first-order chi connectivity index (χ1) is 8.89. The number of benzene rings is 1. The summed E-state index contributed by atoms with van der Waals surface area (Å²) < 4.78 is 5.54. The normalized spacial score (nSPS) is 11.2. The SMILES string of the molecule is CCOC(C)(C)CNC(=O)c1cc(Cl)ccc1NC. The van der Waals surface area contributed by atoms with Crippen LogP contribution in [0.2, 0.25) is 5.02 Å². The van der Waals surface area contributed by atoms with Gasteiger partial charge in [-0.05, 0) is 39.0 Å². The molecule has 0 saturated carbocycles. The summed E-state index contributed by atoms with van der Waals surface area (Å²) in [4.78, 5) is 12.2. The van der Waals surface area contributed by atoms with Gasteiger partial charge >= 0.3 is 0 Å². The highest BCUT2D eigenvalue weighted by atomic mass is 35.5. The maximum absolute atomic E-state index is 12.2. The van der Waals surface area contributed by atoms with Gasteiger partial charge in [-0.25, -0.2) is 0 Å². The number of nitrogens with one attached hydrogen (secondary N) is 2. The van der Waals surface area contributed by atoms with E-state index in [2.05, 4.69) is 10.6 Å². The number of ether oxygens (including phenoxy) is 1. The predicted molar refractivity (Wildman–Crippen MR) is 79.0 cm³/mol. The highest BCUT2D eigenvalue weighted by molar-refractivity contribution is 6.31. The molecule has 106 valence electrons. The van der Waals surface area contributed by atoms with Crippen molar-refractivity contribution in [2.75, 3.05) is 25.5 Å². The summed E-state index contributed by atoms with van der Waals surface area (Å²) in [7, 11) is 1.77. The van der Waals surface area contributed by atoms with Crippen LogP contribution in [0, 0.1) is 0 Å². The molecule has 0 atom stereocenters. The Morgan fingerprint density at radius 1 is 1.42 bits per heavy atom. The maximum atomic E-state index is 12.2. The van der Waals surface area contributed by atoms with E-state index >= 15 is 0 Å². The van der Waals surface area contributed by atoms with Gasteiger partial charge in [0.1, 0.15) is 0 Å². The second-order valence-electron chi connectivity index (χ2n) is 4.82. The van der Waals surface area contributed by atoms with E-state index < -0.39 is 0 Å². The summed E-state index contributed by atoms with van der Waals surface area (Å²) in [6.07, 6.45) is 0. The lowest BCUT2D eigenvalue weighted by atomic mass is 10.1. The third-order valence-corrected chi connectivity index (χ3v) is 2.94. The molecule has 1 amide bonds. The predicted octanol–water partition coefficient (Wildman–Crippen LogP) is 2.93. The van der Waals surface area contributed by atoms with Crippen molar-refractivity contribution in [3.05, 3.63) is 28.8 Å². The zero-order valence-corrected chi connectivity index (χ0v) is 12.6. The molecule has 0 bridgehead atoms. The second-order valence-corrected chi connectivity index (χ2v) is 5.25. The molecule has 0 aliphatic carbocycles. The highest BCUT2D eigenvalue weighted by Crippen LogP contribution is 2.20. The van der Waals surface area contributed by atoms with E-state index in [9.17, 15) is 4.79 Å². The summed E-state index contributed by atoms with van der Waals surface area (Å²) in [6.45, 7) is 6.86.